The lowest BCUT2D eigenvalue weighted by Gasteiger charge is -2.40. The zero-order chi connectivity index (χ0) is 27.5. The maximum absolute atomic E-state index is 14.5. The molecule has 1 aromatic heterocycles. The first-order valence-electron chi connectivity index (χ1n) is 12.8. The Morgan fingerprint density at radius 1 is 1.08 bits per heavy atom. The summed E-state index contributed by atoms with van der Waals surface area (Å²) in [6, 6.07) is 12.8. The van der Waals surface area contributed by atoms with Crippen molar-refractivity contribution in [2.45, 2.75) is 39.0 Å². The number of hydrogen-bond donors (Lipinski definition) is 2. The number of amides is 2. The summed E-state index contributed by atoms with van der Waals surface area (Å²) < 4.78 is 31.8. The highest BCUT2D eigenvalue weighted by atomic mass is 19.1. The molecule has 2 aromatic carbocycles. The number of hydrogen-bond acceptors (Lipinski definition) is 7. The van der Waals surface area contributed by atoms with E-state index in [4.69, 9.17) is 14.2 Å². The van der Waals surface area contributed by atoms with E-state index in [1.165, 1.54) is 19.2 Å². The van der Waals surface area contributed by atoms with Gasteiger partial charge in [0.05, 0.1) is 13.2 Å². The van der Waals surface area contributed by atoms with Crippen LogP contribution in [0.2, 0.25) is 0 Å². The predicted molar refractivity (Wildman–Crippen MR) is 143 cm³/mol. The number of carbonyl (C=O) groups is 2. The third-order valence-electron chi connectivity index (χ3n) is 6.79. The van der Waals surface area contributed by atoms with Gasteiger partial charge < -0.3 is 29.7 Å². The van der Waals surface area contributed by atoms with Crippen molar-refractivity contribution in [1.82, 2.24) is 15.6 Å². The summed E-state index contributed by atoms with van der Waals surface area (Å²) in [6.45, 7) is 4.87. The predicted octanol–water partition coefficient (Wildman–Crippen LogP) is 3.31. The quantitative estimate of drug-likeness (QED) is 0.520. The number of methoxy groups -OCH3 is 1. The Bertz CT molecular complexity index is 1380. The summed E-state index contributed by atoms with van der Waals surface area (Å²) in [4.78, 5) is 32.5. The van der Waals surface area contributed by atoms with Gasteiger partial charge in [0.15, 0.2) is 18.1 Å². The van der Waals surface area contributed by atoms with Crippen LogP contribution in [0, 0.1) is 19.7 Å². The number of anilines is 1. The molecule has 39 heavy (non-hydrogen) atoms. The fourth-order valence-electron chi connectivity index (χ4n) is 4.98. The second-order valence-corrected chi connectivity index (χ2v) is 9.81. The average Bonchev–Trinajstić information content (AvgIpc) is 2.90. The molecule has 0 unspecified atom stereocenters. The number of fused-ring (bicyclic) bond motifs is 5. The lowest BCUT2D eigenvalue weighted by atomic mass is 10.00. The minimum Gasteiger partial charge on any atom is -0.493 e. The SMILES string of the molecule is COc1ccc2cc1OCC(=O)NCc1cc(F)cc(c1)O[C@@H]1CCN(c3cc(C)nc(C)c3)C[C@@H]1NC2=O. The van der Waals surface area contributed by atoms with Crippen LogP contribution in [-0.2, 0) is 11.3 Å². The first-order chi connectivity index (χ1) is 18.8. The van der Waals surface area contributed by atoms with Crippen LogP contribution in [-0.4, -0.2) is 55.8 Å². The van der Waals surface area contributed by atoms with E-state index in [0.717, 1.165) is 17.1 Å². The zero-order valence-corrected chi connectivity index (χ0v) is 22.1. The molecule has 5 rings (SSSR count). The van der Waals surface area contributed by atoms with Gasteiger partial charge in [-0.05, 0) is 61.9 Å². The number of ether oxygens (including phenoxy) is 3. The van der Waals surface area contributed by atoms with Crippen LogP contribution in [0.4, 0.5) is 10.1 Å². The number of nitrogens with one attached hydrogen (secondary N) is 2. The molecule has 0 spiro atoms. The Labute approximate surface area is 226 Å². The number of pyridine rings is 1. The molecule has 1 fully saturated rings. The van der Waals surface area contributed by atoms with Gasteiger partial charge in [-0.15, -0.1) is 0 Å². The zero-order valence-electron chi connectivity index (χ0n) is 22.1. The van der Waals surface area contributed by atoms with Crippen molar-refractivity contribution in [3.63, 3.8) is 0 Å². The van der Waals surface area contributed by atoms with E-state index in [2.05, 4.69) is 20.5 Å². The molecule has 0 radical (unpaired) electrons. The van der Waals surface area contributed by atoms with Crippen molar-refractivity contribution < 1.29 is 28.2 Å². The summed E-state index contributed by atoms with van der Waals surface area (Å²) >= 11 is 0. The van der Waals surface area contributed by atoms with Gasteiger partial charge in [0.2, 0.25) is 0 Å². The van der Waals surface area contributed by atoms with Crippen molar-refractivity contribution in [1.29, 1.82) is 0 Å². The molecule has 9 nitrogen and oxygen atoms in total. The number of benzene rings is 2. The topological polar surface area (TPSA) is 102 Å². The number of aromatic nitrogens is 1. The molecule has 2 aliphatic heterocycles. The van der Waals surface area contributed by atoms with Crippen molar-refractivity contribution in [2.24, 2.45) is 0 Å². The minimum atomic E-state index is -0.477. The van der Waals surface area contributed by atoms with Gasteiger partial charge in [-0.3, -0.25) is 14.6 Å². The first kappa shape index (κ1) is 26.3. The largest absolute Gasteiger partial charge is 0.493 e. The van der Waals surface area contributed by atoms with E-state index < -0.39 is 23.9 Å². The van der Waals surface area contributed by atoms with Crippen LogP contribution in [0.5, 0.6) is 17.2 Å². The smallest absolute Gasteiger partial charge is 0.258 e. The average molecular weight is 535 g/mol. The maximum atomic E-state index is 14.5. The minimum absolute atomic E-state index is 0.104. The van der Waals surface area contributed by atoms with Gasteiger partial charge >= 0.3 is 0 Å². The summed E-state index contributed by atoms with van der Waals surface area (Å²) in [6.07, 6.45) is 0.172. The molecule has 3 heterocycles. The highest BCUT2D eigenvalue weighted by Gasteiger charge is 2.33. The van der Waals surface area contributed by atoms with Crippen molar-refractivity contribution in [3.8, 4) is 17.2 Å². The van der Waals surface area contributed by atoms with Crippen LogP contribution in [0.3, 0.4) is 0 Å². The van der Waals surface area contributed by atoms with Gasteiger partial charge in [-0.1, -0.05) is 0 Å². The summed E-state index contributed by atoms with van der Waals surface area (Å²) in [7, 11) is 1.48. The van der Waals surface area contributed by atoms with Crippen LogP contribution in [0.25, 0.3) is 0 Å². The second kappa shape index (κ2) is 11.2. The number of halogens is 1. The van der Waals surface area contributed by atoms with E-state index in [1.807, 2.05) is 26.0 Å². The molecular weight excluding hydrogens is 503 g/mol. The molecule has 0 saturated carbocycles. The van der Waals surface area contributed by atoms with Crippen molar-refractivity contribution in [3.05, 3.63) is 76.9 Å². The van der Waals surface area contributed by atoms with Gasteiger partial charge in [0, 0.05) is 54.8 Å². The lowest BCUT2D eigenvalue weighted by molar-refractivity contribution is -0.123. The lowest BCUT2D eigenvalue weighted by Crippen LogP contribution is -2.57. The molecule has 1 saturated heterocycles. The monoisotopic (exact) mass is 534 g/mol. The van der Waals surface area contributed by atoms with E-state index in [0.29, 0.717) is 42.1 Å². The second-order valence-electron chi connectivity index (χ2n) is 9.81. The Kier molecular flexibility index (Phi) is 7.53. The molecule has 2 aliphatic rings. The standard InChI is InChI=1S/C29H31FN4O5/c1-17-8-22(9-18(2)32-17)34-7-6-25-24(15-34)33-29(36)20-4-5-26(37-3)27(12-20)38-16-28(35)31-14-19-10-21(30)13-23(11-19)39-25/h4-5,8-13,24-25H,6-7,14-16H2,1-3H3,(H,31,35)(H,33,36)/t24-,25+/m0/s1. The van der Waals surface area contributed by atoms with Crippen LogP contribution in [0.15, 0.2) is 48.5 Å². The highest BCUT2D eigenvalue weighted by molar-refractivity contribution is 5.95. The highest BCUT2D eigenvalue weighted by Crippen LogP contribution is 2.29. The molecule has 3 aromatic rings. The Morgan fingerprint density at radius 3 is 2.64 bits per heavy atom. The third-order valence-corrected chi connectivity index (χ3v) is 6.79. The maximum Gasteiger partial charge on any atom is 0.258 e. The first-order valence-corrected chi connectivity index (χ1v) is 12.8. The number of nitrogens with zero attached hydrogens (tertiary/aromatic N) is 2. The van der Waals surface area contributed by atoms with Crippen LogP contribution < -0.4 is 29.7 Å². The van der Waals surface area contributed by atoms with Gasteiger partial charge in [-0.25, -0.2) is 4.39 Å². The van der Waals surface area contributed by atoms with Crippen molar-refractivity contribution >= 4 is 17.5 Å². The normalized spacial score (nSPS) is 19.6. The number of aryl methyl sites for hydroxylation is 2. The fraction of sp³-hybridized carbons (Fsp3) is 0.345. The van der Waals surface area contributed by atoms with Gasteiger partial charge in [-0.2, -0.15) is 0 Å². The van der Waals surface area contributed by atoms with E-state index in [1.54, 1.807) is 24.3 Å². The molecule has 204 valence electrons. The molecule has 2 amide bonds. The number of piperidine rings is 1. The molecular formula is C29H31FN4O5. The Morgan fingerprint density at radius 2 is 1.87 bits per heavy atom. The van der Waals surface area contributed by atoms with Gasteiger partial charge in [0.1, 0.15) is 17.7 Å². The Hall–Kier alpha value is -4.34. The number of rotatable bonds is 2. The van der Waals surface area contributed by atoms with Crippen LogP contribution >= 0.6 is 0 Å². The molecule has 0 aliphatic carbocycles. The van der Waals surface area contributed by atoms with E-state index >= 15 is 0 Å². The summed E-state index contributed by atoms with van der Waals surface area (Å²) in [5.41, 5.74) is 3.73. The number of carbonyl (C=O) groups excluding carboxylic acids is 2. The van der Waals surface area contributed by atoms with Crippen molar-refractivity contribution in [2.75, 3.05) is 31.7 Å². The summed E-state index contributed by atoms with van der Waals surface area (Å²) in [5.74, 6) is -0.219. The van der Waals surface area contributed by atoms with Crippen LogP contribution in [0.1, 0.15) is 33.7 Å². The van der Waals surface area contributed by atoms with Gasteiger partial charge in [0.25, 0.3) is 11.8 Å². The summed E-state index contributed by atoms with van der Waals surface area (Å²) in [5, 5.41) is 5.84. The third kappa shape index (κ3) is 6.22. The van der Waals surface area contributed by atoms with E-state index in [9.17, 15) is 14.0 Å². The molecule has 4 bridgehead atoms. The Balaban J connectivity index is 1.49. The molecule has 2 atom stereocenters. The fourth-order valence-corrected chi connectivity index (χ4v) is 4.98. The molecule has 2 N–H and O–H groups in total. The molecule has 10 heteroatoms. The van der Waals surface area contributed by atoms with E-state index in [-0.39, 0.29) is 24.8 Å².